The molecule has 1 aromatic carbocycles. The maximum absolute atomic E-state index is 5.77. The Labute approximate surface area is 80.1 Å². The van der Waals surface area contributed by atoms with Crippen molar-refractivity contribution < 1.29 is 0 Å². The van der Waals surface area contributed by atoms with Gasteiger partial charge in [-0.05, 0) is 34.1 Å². The molecular weight excluding hydrogens is 225 g/mol. The third-order valence-electron chi connectivity index (χ3n) is 1.39. The molecule has 0 unspecified atom stereocenters. The smallest absolute Gasteiger partial charge is 0.0506 e. The van der Waals surface area contributed by atoms with Crippen LogP contribution in [0.4, 0.5) is 5.69 Å². The summed E-state index contributed by atoms with van der Waals surface area (Å²) in [6.07, 6.45) is 0. The molecule has 0 spiro atoms. The second-order valence-electron chi connectivity index (χ2n) is 2.49. The van der Waals surface area contributed by atoms with Crippen molar-refractivity contribution in [3.8, 4) is 0 Å². The lowest BCUT2D eigenvalue weighted by Gasteiger charge is -2.13. The first-order chi connectivity index (χ1) is 5.11. The van der Waals surface area contributed by atoms with E-state index in [0.29, 0.717) is 0 Å². The Morgan fingerprint density at radius 3 is 2.45 bits per heavy atom. The average Bonchev–Trinajstić information content (AvgIpc) is 1.85. The zero-order valence-corrected chi connectivity index (χ0v) is 8.78. The third-order valence-corrected chi connectivity index (χ3v) is 2.26. The minimum Gasteiger partial charge on any atom is -0.377 e. The van der Waals surface area contributed by atoms with Crippen LogP contribution in [0.25, 0.3) is 0 Å². The Bertz CT molecular complexity index is 260. The van der Waals surface area contributed by atoms with Crippen molar-refractivity contribution in [1.82, 2.24) is 0 Å². The highest BCUT2D eigenvalue weighted by Crippen LogP contribution is 2.27. The van der Waals surface area contributed by atoms with Crippen molar-refractivity contribution >= 4 is 33.2 Å². The number of nitrogens with zero attached hydrogens (tertiary/aromatic N) is 1. The predicted molar refractivity (Wildman–Crippen MR) is 53.5 cm³/mol. The molecule has 0 aliphatic carbocycles. The van der Waals surface area contributed by atoms with Gasteiger partial charge in [-0.15, -0.1) is 0 Å². The molecule has 0 saturated carbocycles. The molecule has 0 atom stereocenters. The van der Waals surface area contributed by atoms with Crippen LogP contribution in [0.1, 0.15) is 0 Å². The number of benzene rings is 1. The molecule has 11 heavy (non-hydrogen) atoms. The SMILES string of the molecule is CN(C)c1ccc(Cl)cc1Br. The molecule has 1 nitrogen and oxygen atoms in total. The summed E-state index contributed by atoms with van der Waals surface area (Å²) < 4.78 is 1.02. The largest absolute Gasteiger partial charge is 0.377 e. The van der Waals surface area contributed by atoms with Crippen LogP contribution < -0.4 is 4.90 Å². The molecule has 0 radical (unpaired) electrons. The quantitative estimate of drug-likeness (QED) is 0.721. The standard InChI is InChI=1S/C8H9BrClN/c1-11(2)8-4-3-6(10)5-7(8)9/h3-5H,1-2H3. The molecule has 0 fully saturated rings. The Balaban J connectivity index is 3.09. The van der Waals surface area contributed by atoms with Crippen molar-refractivity contribution in [3.63, 3.8) is 0 Å². The van der Waals surface area contributed by atoms with Gasteiger partial charge in [-0.25, -0.2) is 0 Å². The molecule has 0 amide bonds. The molecule has 0 bridgehead atoms. The summed E-state index contributed by atoms with van der Waals surface area (Å²) >= 11 is 9.19. The maximum Gasteiger partial charge on any atom is 0.0506 e. The predicted octanol–water partition coefficient (Wildman–Crippen LogP) is 3.17. The van der Waals surface area contributed by atoms with E-state index < -0.39 is 0 Å². The number of hydrogen-bond acceptors (Lipinski definition) is 1. The van der Waals surface area contributed by atoms with E-state index in [9.17, 15) is 0 Å². The van der Waals surface area contributed by atoms with E-state index in [2.05, 4.69) is 15.9 Å². The van der Waals surface area contributed by atoms with E-state index in [0.717, 1.165) is 15.2 Å². The van der Waals surface area contributed by atoms with Gasteiger partial charge >= 0.3 is 0 Å². The highest BCUT2D eigenvalue weighted by Gasteiger charge is 2.00. The summed E-state index contributed by atoms with van der Waals surface area (Å²) in [6, 6.07) is 5.74. The molecule has 0 heterocycles. The molecular formula is C8H9BrClN. The summed E-state index contributed by atoms with van der Waals surface area (Å²) in [5.74, 6) is 0. The van der Waals surface area contributed by atoms with Crippen LogP contribution >= 0.6 is 27.5 Å². The molecule has 3 heteroatoms. The van der Waals surface area contributed by atoms with Gasteiger partial charge in [-0.2, -0.15) is 0 Å². The van der Waals surface area contributed by atoms with Crippen LogP contribution in [0, 0.1) is 0 Å². The van der Waals surface area contributed by atoms with E-state index in [1.165, 1.54) is 0 Å². The number of rotatable bonds is 1. The third kappa shape index (κ3) is 2.11. The van der Waals surface area contributed by atoms with Gasteiger partial charge in [0.15, 0.2) is 0 Å². The van der Waals surface area contributed by atoms with Crippen molar-refractivity contribution in [1.29, 1.82) is 0 Å². The summed E-state index contributed by atoms with van der Waals surface area (Å²) in [4.78, 5) is 2.03. The lowest BCUT2D eigenvalue weighted by atomic mass is 10.3. The molecule has 0 aliphatic heterocycles. The Morgan fingerprint density at radius 2 is 2.00 bits per heavy atom. The molecule has 60 valence electrons. The first-order valence-corrected chi connectivity index (χ1v) is 4.40. The van der Waals surface area contributed by atoms with Crippen LogP contribution in [-0.2, 0) is 0 Å². The van der Waals surface area contributed by atoms with Crippen LogP contribution in [0.15, 0.2) is 22.7 Å². The van der Waals surface area contributed by atoms with Gasteiger partial charge in [0.2, 0.25) is 0 Å². The molecule has 0 N–H and O–H groups in total. The zero-order chi connectivity index (χ0) is 8.43. The Kier molecular flexibility index (Phi) is 2.79. The second-order valence-corrected chi connectivity index (χ2v) is 3.78. The lowest BCUT2D eigenvalue weighted by molar-refractivity contribution is 1.12. The summed E-state index contributed by atoms with van der Waals surface area (Å²) in [7, 11) is 3.99. The van der Waals surface area contributed by atoms with Crippen molar-refractivity contribution in [2.45, 2.75) is 0 Å². The van der Waals surface area contributed by atoms with Crippen molar-refractivity contribution in [2.75, 3.05) is 19.0 Å². The number of anilines is 1. The fourth-order valence-electron chi connectivity index (χ4n) is 0.844. The summed E-state index contributed by atoms with van der Waals surface area (Å²) in [5, 5.41) is 0.752. The topological polar surface area (TPSA) is 3.24 Å². The van der Waals surface area contributed by atoms with Gasteiger partial charge in [0.05, 0.1) is 5.69 Å². The van der Waals surface area contributed by atoms with Gasteiger partial charge in [0.1, 0.15) is 0 Å². The zero-order valence-electron chi connectivity index (χ0n) is 6.44. The maximum atomic E-state index is 5.77. The van der Waals surface area contributed by atoms with Gasteiger partial charge in [-0.1, -0.05) is 11.6 Å². The van der Waals surface area contributed by atoms with Crippen LogP contribution in [0.3, 0.4) is 0 Å². The van der Waals surface area contributed by atoms with Crippen LogP contribution in [0.5, 0.6) is 0 Å². The van der Waals surface area contributed by atoms with Crippen molar-refractivity contribution in [2.24, 2.45) is 0 Å². The van der Waals surface area contributed by atoms with Crippen LogP contribution in [0.2, 0.25) is 5.02 Å². The number of halogens is 2. The highest BCUT2D eigenvalue weighted by molar-refractivity contribution is 9.10. The second kappa shape index (κ2) is 3.46. The highest BCUT2D eigenvalue weighted by atomic mass is 79.9. The Morgan fingerprint density at radius 1 is 1.36 bits per heavy atom. The van der Waals surface area contributed by atoms with Gasteiger partial charge in [0.25, 0.3) is 0 Å². The van der Waals surface area contributed by atoms with Gasteiger partial charge < -0.3 is 4.90 Å². The minimum atomic E-state index is 0.752. The van der Waals surface area contributed by atoms with Crippen LogP contribution in [-0.4, -0.2) is 14.1 Å². The molecule has 0 aromatic heterocycles. The summed E-state index contributed by atoms with van der Waals surface area (Å²) in [6.45, 7) is 0. The Hall–Kier alpha value is -0.210. The lowest BCUT2D eigenvalue weighted by Crippen LogP contribution is -2.08. The van der Waals surface area contributed by atoms with Crippen molar-refractivity contribution in [3.05, 3.63) is 27.7 Å². The molecule has 1 rings (SSSR count). The first kappa shape index (κ1) is 8.88. The molecule has 0 aliphatic rings. The van der Waals surface area contributed by atoms with Gasteiger partial charge in [-0.3, -0.25) is 0 Å². The van der Waals surface area contributed by atoms with E-state index in [1.54, 1.807) is 0 Å². The van der Waals surface area contributed by atoms with E-state index >= 15 is 0 Å². The molecule has 1 aromatic rings. The minimum absolute atomic E-state index is 0.752. The normalized spacial score (nSPS) is 9.82. The van der Waals surface area contributed by atoms with E-state index in [4.69, 9.17) is 11.6 Å². The fraction of sp³-hybridized carbons (Fsp3) is 0.250. The first-order valence-electron chi connectivity index (χ1n) is 3.23. The summed E-state index contributed by atoms with van der Waals surface area (Å²) in [5.41, 5.74) is 1.13. The van der Waals surface area contributed by atoms with E-state index in [-0.39, 0.29) is 0 Å². The van der Waals surface area contributed by atoms with E-state index in [1.807, 2.05) is 37.2 Å². The fourth-order valence-corrected chi connectivity index (χ4v) is 1.88. The van der Waals surface area contributed by atoms with Gasteiger partial charge in [0, 0.05) is 23.6 Å². The number of hydrogen-bond donors (Lipinski definition) is 0. The average molecular weight is 235 g/mol. The monoisotopic (exact) mass is 233 g/mol. The molecule has 0 saturated heterocycles.